The van der Waals surface area contributed by atoms with Crippen LogP contribution < -0.4 is 9.62 Å². The summed E-state index contributed by atoms with van der Waals surface area (Å²) in [5.41, 5.74) is 2.16. The number of hydrogen-bond acceptors (Lipinski definition) is 4. The fourth-order valence-corrected chi connectivity index (χ4v) is 5.18. The number of amides is 2. The fraction of sp³-hybridized carbons (Fsp3) is 0.462. The molecule has 0 aliphatic rings. The van der Waals surface area contributed by atoms with Gasteiger partial charge < -0.3 is 10.2 Å². The molecule has 2 rings (SSSR count). The predicted molar refractivity (Wildman–Crippen MR) is 150 cm³/mol. The van der Waals surface area contributed by atoms with E-state index >= 15 is 0 Å². The molecule has 10 heteroatoms. The van der Waals surface area contributed by atoms with Crippen LogP contribution in [0, 0.1) is 6.92 Å². The molecule has 7 nitrogen and oxygen atoms in total. The Morgan fingerprint density at radius 1 is 1.11 bits per heavy atom. The molecule has 1 atom stereocenters. The second kappa shape index (κ2) is 14.0. The summed E-state index contributed by atoms with van der Waals surface area (Å²) in [6.45, 7) is 6.53. The van der Waals surface area contributed by atoms with Gasteiger partial charge in [-0.1, -0.05) is 59.1 Å². The second-order valence-electron chi connectivity index (χ2n) is 8.84. The molecule has 0 fully saturated rings. The topological polar surface area (TPSA) is 86.8 Å². The lowest BCUT2D eigenvalue weighted by Crippen LogP contribution is -2.48. The summed E-state index contributed by atoms with van der Waals surface area (Å²) in [4.78, 5) is 27.6. The van der Waals surface area contributed by atoms with E-state index in [4.69, 9.17) is 11.6 Å². The van der Waals surface area contributed by atoms with E-state index in [1.165, 1.54) is 4.31 Å². The van der Waals surface area contributed by atoms with Crippen LogP contribution in [0.15, 0.2) is 46.9 Å². The average molecular weight is 601 g/mol. The number of aryl methyl sites for hydroxylation is 1. The Hall–Kier alpha value is -2.10. The van der Waals surface area contributed by atoms with Gasteiger partial charge in [0.2, 0.25) is 21.8 Å². The van der Waals surface area contributed by atoms with Crippen LogP contribution in [0.3, 0.4) is 0 Å². The molecule has 0 unspecified atom stereocenters. The zero-order chi connectivity index (χ0) is 26.9. The van der Waals surface area contributed by atoms with Gasteiger partial charge >= 0.3 is 0 Å². The first-order valence-corrected chi connectivity index (χ1v) is 15.0. The normalized spacial score (nSPS) is 12.2. The summed E-state index contributed by atoms with van der Waals surface area (Å²) >= 11 is 9.52. The number of anilines is 1. The highest BCUT2D eigenvalue weighted by Crippen LogP contribution is 2.27. The number of carbonyl (C=O) groups excluding carboxylic acids is 2. The predicted octanol–water partition coefficient (Wildman–Crippen LogP) is 5.29. The van der Waals surface area contributed by atoms with E-state index in [-0.39, 0.29) is 31.3 Å². The highest BCUT2D eigenvalue weighted by Gasteiger charge is 2.26. The standard InChI is InChI=1S/C26H35BrClN3O4S/c1-5-6-15-29-26(33)20(3)30(18-21-10-12-22(27)13-11-21)25(32)8-7-16-31(36(4,34)35)24-17-23(28)14-9-19(24)2/h9-14,17,20H,5-8,15-16,18H2,1-4H3,(H,29,33)/t20-/m0/s1. The third kappa shape index (κ3) is 9.09. The van der Waals surface area contributed by atoms with Crippen molar-refractivity contribution >= 4 is 55.1 Å². The van der Waals surface area contributed by atoms with Crippen molar-refractivity contribution in [2.45, 2.75) is 59.0 Å². The summed E-state index contributed by atoms with van der Waals surface area (Å²) in [5, 5.41) is 3.33. The van der Waals surface area contributed by atoms with Crippen LogP contribution in [0.5, 0.6) is 0 Å². The zero-order valence-corrected chi connectivity index (χ0v) is 24.4. The highest BCUT2D eigenvalue weighted by molar-refractivity contribution is 9.10. The third-order valence-corrected chi connectivity index (χ3v) is 7.80. The molecule has 0 saturated heterocycles. The van der Waals surface area contributed by atoms with Crippen LogP contribution in [-0.4, -0.2) is 50.5 Å². The maximum absolute atomic E-state index is 13.3. The Bertz CT molecular complexity index is 1140. The van der Waals surface area contributed by atoms with Crippen LogP contribution in [-0.2, 0) is 26.2 Å². The van der Waals surface area contributed by atoms with Gasteiger partial charge in [-0.25, -0.2) is 8.42 Å². The molecule has 0 aliphatic heterocycles. The van der Waals surface area contributed by atoms with Gasteiger partial charge in [0.05, 0.1) is 11.9 Å². The van der Waals surface area contributed by atoms with Crippen molar-refractivity contribution in [3.05, 3.63) is 63.1 Å². The minimum atomic E-state index is -3.59. The number of nitrogens with zero attached hydrogens (tertiary/aromatic N) is 2. The molecule has 0 saturated carbocycles. The van der Waals surface area contributed by atoms with Gasteiger partial charge in [-0.05, 0) is 62.1 Å². The molecular formula is C26H35BrClN3O4S. The molecule has 198 valence electrons. The van der Waals surface area contributed by atoms with E-state index < -0.39 is 16.1 Å². The molecule has 1 N–H and O–H groups in total. The fourth-order valence-electron chi connectivity index (χ4n) is 3.74. The molecule has 0 bridgehead atoms. The lowest BCUT2D eigenvalue weighted by molar-refractivity contribution is -0.140. The summed E-state index contributed by atoms with van der Waals surface area (Å²) < 4.78 is 27.3. The zero-order valence-electron chi connectivity index (χ0n) is 21.3. The van der Waals surface area contributed by atoms with Crippen molar-refractivity contribution in [1.29, 1.82) is 0 Å². The maximum Gasteiger partial charge on any atom is 0.242 e. The summed E-state index contributed by atoms with van der Waals surface area (Å²) in [5.74, 6) is -0.423. The van der Waals surface area contributed by atoms with Crippen molar-refractivity contribution in [2.75, 3.05) is 23.7 Å². The highest BCUT2D eigenvalue weighted by atomic mass is 79.9. The number of unbranched alkanes of at least 4 members (excludes halogenated alkanes) is 1. The molecule has 2 aromatic rings. The van der Waals surface area contributed by atoms with Gasteiger partial charge in [0.15, 0.2) is 0 Å². The van der Waals surface area contributed by atoms with Crippen molar-refractivity contribution in [2.24, 2.45) is 0 Å². The lowest BCUT2D eigenvalue weighted by atomic mass is 10.1. The molecule has 0 heterocycles. The minimum absolute atomic E-state index is 0.0920. The van der Waals surface area contributed by atoms with Crippen LogP contribution >= 0.6 is 27.5 Å². The molecule has 2 amide bonds. The average Bonchev–Trinajstić information content (AvgIpc) is 2.82. The van der Waals surface area contributed by atoms with Crippen molar-refractivity contribution in [1.82, 2.24) is 10.2 Å². The smallest absolute Gasteiger partial charge is 0.242 e. The number of hydrogen-bond donors (Lipinski definition) is 1. The van der Waals surface area contributed by atoms with Gasteiger partial charge in [0.1, 0.15) is 6.04 Å². The summed E-state index contributed by atoms with van der Waals surface area (Å²) in [6.07, 6.45) is 3.34. The largest absolute Gasteiger partial charge is 0.354 e. The van der Waals surface area contributed by atoms with Crippen molar-refractivity contribution in [3.8, 4) is 0 Å². The van der Waals surface area contributed by atoms with Crippen molar-refractivity contribution in [3.63, 3.8) is 0 Å². The number of sulfonamides is 1. The minimum Gasteiger partial charge on any atom is -0.354 e. The Morgan fingerprint density at radius 2 is 1.78 bits per heavy atom. The van der Waals surface area contributed by atoms with Crippen LogP contribution in [0.2, 0.25) is 5.02 Å². The first-order valence-electron chi connectivity index (χ1n) is 12.0. The molecule has 2 aromatic carbocycles. The quantitative estimate of drug-likeness (QED) is 0.317. The van der Waals surface area contributed by atoms with E-state index in [1.807, 2.05) is 38.1 Å². The van der Waals surface area contributed by atoms with Crippen LogP contribution in [0.4, 0.5) is 5.69 Å². The molecule has 0 radical (unpaired) electrons. The van der Waals surface area contributed by atoms with E-state index in [2.05, 4.69) is 21.2 Å². The Labute approximate surface area is 228 Å². The second-order valence-corrected chi connectivity index (χ2v) is 12.1. The van der Waals surface area contributed by atoms with Crippen LogP contribution in [0.1, 0.15) is 50.7 Å². The number of halogens is 2. The van der Waals surface area contributed by atoms with E-state index in [1.54, 1.807) is 30.0 Å². The van der Waals surface area contributed by atoms with Crippen molar-refractivity contribution < 1.29 is 18.0 Å². The molecule has 0 aromatic heterocycles. The monoisotopic (exact) mass is 599 g/mol. The Morgan fingerprint density at radius 3 is 2.39 bits per heavy atom. The molecular weight excluding hydrogens is 566 g/mol. The van der Waals surface area contributed by atoms with Crippen LogP contribution in [0.25, 0.3) is 0 Å². The number of carbonyl (C=O) groups is 2. The van der Waals surface area contributed by atoms with E-state index in [0.29, 0.717) is 23.7 Å². The van der Waals surface area contributed by atoms with Gasteiger partial charge in [-0.3, -0.25) is 13.9 Å². The summed E-state index contributed by atoms with van der Waals surface area (Å²) in [6, 6.07) is 12.0. The maximum atomic E-state index is 13.3. The SMILES string of the molecule is CCCCNC(=O)[C@H](C)N(Cc1ccc(Br)cc1)C(=O)CCCN(c1cc(Cl)ccc1C)S(C)(=O)=O. The van der Waals surface area contributed by atoms with Gasteiger partial charge in [0, 0.05) is 35.6 Å². The first-order chi connectivity index (χ1) is 16.9. The van der Waals surface area contributed by atoms with Gasteiger partial charge in [0.25, 0.3) is 0 Å². The molecule has 0 aliphatic carbocycles. The molecule has 36 heavy (non-hydrogen) atoms. The number of rotatable bonds is 13. The number of benzene rings is 2. The lowest BCUT2D eigenvalue weighted by Gasteiger charge is -2.29. The van der Waals surface area contributed by atoms with E-state index in [9.17, 15) is 18.0 Å². The van der Waals surface area contributed by atoms with Gasteiger partial charge in [-0.15, -0.1) is 0 Å². The first kappa shape index (κ1) is 30.1. The Kier molecular flexibility index (Phi) is 11.7. The third-order valence-electron chi connectivity index (χ3n) is 5.86. The molecule has 0 spiro atoms. The van der Waals surface area contributed by atoms with Gasteiger partial charge in [-0.2, -0.15) is 0 Å². The summed E-state index contributed by atoms with van der Waals surface area (Å²) in [7, 11) is -3.59. The van der Waals surface area contributed by atoms with E-state index in [0.717, 1.165) is 34.7 Å². The Balaban J connectivity index is 2.17. The number of nitrogens with one attached hydrogen (secondary N) is 1.